The fourth-order valence-electron chi connectivity index (χ4n) is 1.71. The summed E-state index contributed by atoms with van der Waals surface area (Å²) in [4.78, 5) is 7.84. The molecule has 0 aliphatic rings. The predicted molar refractivity (Wildman–Crippen MR) is 82.5 cm³/mol. The molecule has 7 heteroatoms. The quantitative estimate of drug-likeness (QED) is 0.866. The lowest BCUT2D eigenvalue weighted by atomic mass is 9.91. The molecule has 0 radical (unpaired) electrons. The normalized spacial score (nSPS) is 11.9. The second-order valence-corrected chi connectivity index (χ2v) is 7.09. The van der Waals surface area contributed by atoms with Crippen LogP contribution in [0.5, 0.6) is 0 Å². The van der Waals surface area contributed by atoms with Crippen molar-refractivity contribution in [3.05, 3.63) is 10.5 Å². The third kappa shape index (κ3) is 2.57. The van der Waals surface area contributed by atoms with Crippen LogP contribution in [0.3, 0.4) is 0 Å². The Morgan fingerprint density at radius 2 is 1.95 bits per heavy atom. The minimum absolute atomic E-state index is 0.0341. The van der Waals surface area contributed by atoms with Crippen molar-refractivity contribution in [2.45, 2.75) is 26.2 Å². The Hall–Kier alpha value is -1.21. The molecule has 0 saturated carbocycles. The van der Waals surface area contributed by atoms with Gasteiger partial charge in [0.2, 0.25) is 0 Å². The molecule has 0 bridgehead atoms. The highest BCUT2D eigenvalue weighted by Crippen LogP contribution is 2.38. The van der Waals surface area contributed by atoms with Gasteiger partial charge in [-0.1, -0.05) is 32.1 Å². The molecule has 0 aromatic carbocycles. The highest BCUT2D eigenvalue weighted by Gasteiger charge is 2.27. The first-order valence-electron chi connectivity index (χ1n) is 6.02. The average Bonchev–Trinajstić information content (AvgIpc) is 2.84. The summed E-state index contributed by atoms with van der Waals surface area (Å²) in [6.07, 6.45) is 0. The van der Waals surface area contributed by atoms with Crippen LogP contribution in [0.2, 0.25) is 0 Å². The fraction of sp³-hybridized carbons (Fsp3) is 0.583. The first kappa shape index (κ1) is 14.2. The molecular weight excluding hydrogens is 278 g/mol. The van der Waals surface area contributed by atoms with Crippen LogP contribution in [-0.2, 0) is 12.5 Å². The molecule has 5 nitrogen and oxygen atoms in total. The van der Waals surface area contributed by atoms with Crippen LogP contribution in [0.15, 0.2) is 0 Å². The van der Waals surface area contributed by atoms with Gasteiger partial charge in [-0.25, -0.2) is 4.98 Å². The van der Waals surface area contributed by atoms with Crippen molar-refractivity contribution in [3.63, 3.8) is 0 Å². The molecular formula is C12H19N5S2. The largest absolute Gasteiger partial charge is 0.354 e. The maximum Gasteiger partial charge on any atom is 0.195 e. The molecule has 0 spiro atoms. The smallest absolute Gasteiger partial charge is 0.195 e. The molecule has 0 aliphatic carbocycles. The van der Waals surface area contributed by atoms with Crippen LogP contribution >= 0.6 is 23.6 Å². The fourth-order valence-corrected chi connectivity index (χ4v) is 3.07. The van der Waals surface area contributed by atoms with Crippen molar-refractivity contribution in [3.8, 4) is 10.7 Å². The number of H-pyrrole nitrogens is 1. The first-order valence-corrected chi connectivity index (χ1v) is 7.24. The maximum atomic E-state index is 5.19. The number of rotatable bonds is 2. The van der Waals surface area contributed by atoms with Crippen LogP contribution in [0, 0.1) is 4.77 Å². The Morgan fingerprint density at radius 1 is 1.32 bits per heavy atom. The number of thiazole rings is 1. The number of nitrogens with one attached hydrogen (secondary N) is 1. The summed E-state index contributed by atoms with van der Waals surface area (Å²) in [5.74, 6) is 0.848. The average molecular weight is 297 g/mol. The second-order valence-electron chi connectivity index (χ2n) is 5.73. The topological polar surface area (TPSA) is 49.7 Å². The standard InChI is InChI=1S/C12H19N5S2/c1-12(2,3)8-7(19-11(13-8)16(4)5)9-14-15-10(18)17(9)6/h1-6H3,(H,15,18). The van der Waals surface area contributed by atoms with E-state index in [1.165, 1.54) is 0 Å². The van der Waals surface area contributed by atoms with Crippen LogP contribution in [0.4, 0.5) is 5.13 Å². The van der Waals surface area contributed by atoms with Crippen molar-refractivity contribution in [1.29, 1.82) is 0 Å². The Bertz CT molecular complexity index is 642. The van der Waals surface area contributed by atoms with E-state index < -0.39 is 0 Å². The summed E-state index contributed by atoms with van der Waals surface area (Å²) < 4.78 is 2.51. The maximum absolute atomic E-state index is 5.19. The molecule has 0 amide bonds. The molecule has 0 aliphatic heterocycles. The third-order valence-electron chi connectivity index (χ3n) is 2.79. The van der Waals surface area contributed by atoms with Gasteiger partial charge in [0.1, 0.15) is 0 Å². The number of aromatic nitrogens is 4. The summed E-state index contributed by atoms with van der Waals surface area (Å²) in [5, 5.41) is 8.14. The van der Waals surface area contributed by atoms with Crippen LogP contribution in [-0.4, -0.2) is 33.8 Å². The SMILES string of the molecule is CN(C)c1nc(C(C)(C)C)c(-c2n[nH]c(=S)n2C)s1. The molecule has 0 unspecified atom stereocenters. The van der Waals surface area contributed by atoms with Gasteiger partial charge in [0.25, 0.3) is 0 Å². The van der Waals surface area contributed by atoms with E-state index in [4.69, 9.17) is 17.2 Å². The van der Waals surface area contributed by atoms with Gasteiger partial charge >= 0.3 is 0 Å². The van der Waals surface area contributed by atoms with Gasteiger partial charge in [-0.3, -0.25) is 5.10 Å². The highest BCUT2D eigenvalue weighted by atomic mass is 32.1. The third-order valence-corrected chi connectivity index (χ3v) is 4.38. The molecule has 2 rings (SSSR count). The summed E-state index contributed by atoms with van der Waals surface area (Å²) >= 11 is 6.83. The molecule has 0 fully saturated rings. The van der Waals surface area contributed by atoms with Gasteiger partial charge < -0.3 is 9.47 Å². The van der Waals surface area contributed by atoms with Gasteiger partial charge in [0.15, 0.2) is 15.7 Å². The van der Waals surface area contributed by atoms with Crippen LogP contribution in [0.1, 0.15) is 26.5 Å². The molecule has 2 aromatic heterocycles. The number of anilines is 1. The Balaban J connectivity index is 2.68. The van der Waals surface area contributed by atoms with E-state index in [1.807, 2.05) is 30.6 Å². The van der Waals surface area contributed by atoms with E-state index in [0.29, 0.717) is 4.77 Å². The lowest BCUT2D eigenvalue weighted by molar-refractivity contribution is 0.573. The summed E-state index contributed by atoms with van der Waals surface area (Å²) in [6.45, 7) is 6.48. The lowest BCUT2D eigenvalue weighted by Gasteiger charge is -2.17. The van der Waals surface area contributed by atoms with Gasteiger partial charge in [-0.15, -0.1) is 0 Å². The van der Waals surface area contributed by atoms with Crippen molar-refractivity contribution in [2.75, 3.05) is 19.0 Å². The van der Waals surface area contributed by atoms with Crippen LogP contribution < -0.4 is 4.90 Å². The summed E-state index contributed by atoms with van der Waals surface area (Å²) in [7, 11) is 5.92. The number of hydrogen-bond donors (Lipinski definition) is 1. The van der Waals surface area contributed by atoms with Gasteiger partial charge in [-0.05, 0) is 12.2 Å². The molecule has 2 heterocycles. The Kier molecular flexibility index (Phi) is 3.53. The van der Waals surface area contributed by atoms with Crippen molar-refractivity contribution >= 4 is 28.7 Å². The molecule has 0 saturated heterocycles. The monoisotopic (exact) mass is 297 g/mol. The number of aromatic amines is 1. The van der Waals surface area contributed by atoms with Crippen LogP contribution in [0.25, 0.3) is 10.7 Å². The zero-order valence-electron chi connectivity index (χ0n) is 12.1. The Morgan fingerprint density at radius 3 is 2.37 bits per heavy atom. The van der Waals surface area contributed by atoms with E-state index in [0.717, 1.165) is 21.5 Å². The van der Waals surface area contributed by atoms with Crippen molar-refractivity contribution in [2.24, 2.45) is 7.05 Å². The van der Waals surface area contributed by atoms with E-state index in [1.54, 1.807) is 11.3 Å². The Labute approximate surface area is 122 Å². The van der Waals surface area contributed by atoms with Gasteiger partial charge in [-0.2, -0.15) is 5.10 Å². The van der Waals surface area contributed by atoms with Gasteiger partial charge in [0, 0.05) is 26.6 Å². The van der Waals surface area contributed by atoms with E-state index >= 15 is 0 Å². The number of hydrogen-bond acceptors (Lipinski definition) is 5. The van der Waals surface area contributed by atoms with Crippen molar-refractivity contribution < 1.29 is 0 Å². The first-order chi connectivity index (χ1) is 8.71. The zero-order chi connectivity index (χ0) is 14.4. The van der Waals surface area contributed by atoms with Gasteiger partial charge in [0.05, 0.1) is 10.6 Å². The summed E-state index contributed by atoms with van der Waals surface area (Å²) in [6, 6.07) is 0. The molecule has 1 N–H and O–H groups in total. The lowest BCUT2D eigenvalue weighted by Crippen LogP contribution is -2.15. The predicted octanol–water partition coefficient (Wildman–Crippen LogP) is 2.96. The van der Waals surface area contributed by atoms with Crippen molar-refractivity contribution in [1.82, 2.24) is 19.7 Å². The summed E-state index contributed by atoms with van der Waals surface area (Å²) in [5.41, 5.74) is 1.02. The minimum atomic E-state index is -0.0341. The number of nitrogens with zero attached hydrogens (tertiary/aromatic N) is 4. The highest BCUT2D eigenvalue weighted by molar-refractivity contribution is 7.71. The van der Waals surface area contributed by atoms with E-state index in [2.05, 4.69) is 31.0 Å². The van der Waals surface area contributed by atoms with E-state index in [9.17, 15) is 0 Å². The molecule has 19 heavy (non-hydrogen) atoms. The molecule has 104 valence electrons. The molecule has 0 atom stereocenters. The molecule has 2 aromatic rings. The zero-order valence-corrected chi connectivity index (χ0v) is 13.7. The minimum Gasteiger partial charge on any atom is -0.354 e. The second kappa shape index (κ2) is 4.72. The van der Waals surface area contributed by atoms with E-state index in [-0.39, 0.29) is 5.41 Å².